The molecule has 1 atom stereocenters. The molecule has 1 aromatic carbocycles. The number of benzene rings is 1. The van der Waals surface area contributed by atoms with Gasteiger partial charge in [-0.3, -0.25) is 10.2 Å². The third-order valence-corrected chi connectivity index (χ3v) is 4.57. The van der Waals surface area contributed by atoms with Crippen molar-refractivity contribution in [2.45, 2.75) is 13.0 Å². The van der Waals surface area contributed by atoms with Gasteiger partial charge < -0.3 is 10.5 Å². The fraction of sp³-hybridized carbons (Fsp3) is 0.211. The molecule has 2 aromatic heterocycles. The number of aromatic nitrogens is 5. The molecular formula is C19H17FN10O2. The monoisotopic (exact) mass is 436 g/mol. The highest BCUT2D eigenvalue weighted by molar-refractivity contribution is 5.90. The Morgan fingerprint density at radius 3 is 2.94 bits per heavy atom. The number of tetrazole rings is 1. The average Bonchev–Trinajstić information content (AvgIpc) is 3.38. The van der Waals surface area contributed by atoms with Crippen LogP contribution < -0.4 is 16.0 Å². The van der Waals surface area contributed by atoms with Crippen molar-refractivity contribution in [2.75, 3.05) is 18.0 Å². The molecule has 162 valence electrons. The van der Waals surface area contributed by atoms with Gasteiger partial charge in [0.1, 0.15) is 11.9 Å². The van der Waals surface area contributed by atoms with Gasteiger partial charge in [0, 0.05) is 17.3 Å². The van der Waals surface area contributed by atoms with Crippen molar-refractivity contribution in [2.24, 2.45) is 10.7 Å². The van der Waals surface area contributed by atoms with Crippen LogP contribution in [0.1, 0.15) is 5.82 Å². The van der Waals surface area contributed by atoms with Gasteiger partial charge in [-0.2, -0.15) is 5.26 Å². The van der Waals surface area contributed by atoms with Gasteiger partial charge in [-0.05, 0) is 42.5 Å². The van der Waals surface area contributed by atoms with Crippen molar-refractivity contribution in [1.29, 1.82) is 5.26 Å². The topological polar surface area (TPSA) is 160 Å². The number of halogens is 1. The van der Waals surface area contributed by atoms with Gasteiger partial charge in [0.15, 0.2) is 17.8 Å². The SMILES string of the molecule is Cc1nnn(-c2ccc(-c3ccc(N4C[C@H](CN=C(N)NC#N)OC4=O)cc3F)cn2)n1. The number of pyridine rings is 1. The van der Waals surface area contributed by atoms with E-state index in [0.717, 1.165) is 0 Å². The minimum Gasteiger partial charge on any atom is -0.442 e. The van der Waals surface area contributed by atoms with Crippen LogP contribution in [-0.4, -0.2) is 56.4 Å². The minimum atomic E-state index is -0.620. The summed E-state index contributed by atoms with van der Waals surface area (Å²) in [5.41, 5.74) is 6.69. The zero-order valence-electron chi connectivity index (χ0n) is 16.8. The molecule has 1 fully saturated rings. The Balaban J connectivity index is 1.48. The molecule has 0 spiro atoms. The zero-order valence-corrected chi connectivity index (χ0v) is 16.8. The number of anilines is 1. The number of amides is 1. The van der Waals surface area contributed by atoms with E-state index >= 15 is 0 Å². The number of nitriles is 1. The zero-order chi connectivity index (χ0) is 22.7. The highest BCUT2D eigenvalue weighted by Crippen LogP contribution is 2.29. The van der Waals surface area contributed by atoms with Crippen LogP contribution in [0.25, 0.3) is 16.9 Å². The number of guanidine groups is 1. The third kappa shape index (κ3) is 4.29. The molecule has 12 nitrogen and oxygen atoms in total. The second-order valence-corrected chi connectivity index (χ2v) is 6.77. The van der Waals surface area contributed by atoms with Crippen molar-refractivity contribution >= 4 is 17.7 Å². The van der Waals surface area contributed by atoms with Crippen LogP contribution in [0.15, 0.2) is 41.5 Å². The van der Waals surface area contributed by atoms with Gasteiger partial charge in [-0.25, -0.2) is 19.2 Å². The molecule has 1 aliphatic rings. The van der Waals surface area contributed by atoms with E-state index in [1.807, 2.05) is 0 Å². The quantitative estimate of drug-likeness (QED) is 0.256. The van der Waals surface area contributed by atoms with Crippen LogP contribution in [0, 0.1) is 24.2 Å². The number of nitrogens with two attached hydrogens (primary N) is 1. The molecule has 0 aliphatic carbocycles. The number of aliphatic imine (C=N–C) groups is 1. The first-order valence-corrected chi connectivity index (χ1v) is 9.41. The molecule has 0 radical (unpaired) electrons. The Bertz CT molecular complexity index is 1220. The lowest BCUT2D eigenvalue weighted by atomic mass is 10.1. The first-order chi connectivity index (χ1) is 15.4. The van der Waals surface area contributed by atoms with Crippen LogP contribution in [0.2, 0.25) is 0 Å². The molecule has 3 heterocycles. The summed E-state index contributed by atoms with van der Waals surface area (Å²) in [5.74, 6) is 0.357. The number of rotatable bonds is 5. The second kappa shape index (κ2) is 8.64. The number of cyclic esters (lactones) is 1. The Hall–Kier alpha value is -4.60. The molecule has 3 N–H and O–H groups in total. The lowest BCUT2D eigenvalue weighted by Gasteiger charge is -2.14. The van der Waals surface area contributed by atoms with Crippen molar-refractivity contribution in [3.05, 3.63) is 48.2 Å². The van der Waals surface area contributed by atoms with Crippen LogP contribution in [-0.2, 0) is 4.74 Å². The van der Waals surface area contributed by atoms with Gasteiger partial charge in [0.25, 0.3) is 0 Å². The van der Waals surface area contributed by atoms with Crippen molar-refractivity contribution in [3.8, 4) is 23.1 Å². The van der Waals surface area contributed by atoms with Crippen LogP contribution in [0.4, 0.5) is 14.9 Å². The van der Waals surface area contributed by atoms with Crippen molar-refractivity contribution in [1.82, 2.24) is 30.5 Å². The molecule has 1 saturated heterocycles. The lowest BCUT2D eigenvalue weighted by molar-refractivity contribution is 0.145. The molecular weight excluding hydrogens is 419 g/mol. The molecule has 1 aliphatic heterocycles. The van der Waals surface area contributed by atoms with Crippen molar-refractivity contribution < 1.29 is 13.9 Å². The number of hydrogen-bond donors (Lipinski definition) is 2. The number of ether oxygens (including phenoxy) is 1. The summed E-state index contributed by atoms with van der Waals surface area (Å²) >= 11 is 0. The van der Waals surface area contributed by atoms with Gasteiger partial charge in [0.05, 0.1) is 18.8 Å². The summed E-state index contributed by atoms with van der Waals surface area (Å²) in [6, 6.07) is 7.78. The summed E-state index contributed by atoms with van der Waals surface area (Å²) in [6.45, 7) is 1.95. The second-order valence-electron chi connectivity index (χ2n) is 6.77. The Morgan fingerprint density at radius 1 is 1.44 bits per heavy atom. The van der Waals surface area contributed by atoms with Gasteiger partial charge in [-0.15, -0.1) is 15.0 Å². The average molecular weight is 436 g/mol. The van der Waals surface area contributed by atoms with E-state index in [4.69, 9.17) is 15.7 Å². The number of aryl methyl sites for hydroxylation is 1. The molecule has 0 saturated carbocycles. The first kappa shape index (κ1) is 20.7. The van der Waals surface area contributed by atoms with Crippen molar-refractivity contribution in [3.63, 3.8) is 0 Å². The van der Waals surface area contributed by atoms with Crippen LogP contribution >= 0.6 is 0 Å². The number of hydrogen-bond acceptors (Lipinski definition) is 8. The van der Waals surface area contributed by atoms with E-state index in [2.05, 4.69) is 30.7 Å². The summed E-state index contributed by atoms with van der Waals surface area (Å²) in [4.78, 5) is 23.0. The van der Waals surface area contributed by atoms with Gasteiger partial charge in [0.2, 0.25) is 5.96 Å². The van der Waals surface area contributed by atoms with Gasteiger partial charge in [-0.1, -0.05) is 0 Å². The molecule has 4 rings (SSSR count). The molecule has 0 bridgehead atoms. The molecule has 13 heteroatoms. The molecule has 3 aromatic rings. The first-order valence-electron chi connectivity index (χ1n) is 9.41. The maximum absolute atomic E-state index is 14.9. The predicted octanol–water partition coefficient (Wildman–Crippen LogP) is 0.882. The standard InChI is InChI=1S/C19H17FN10O2/c1-11-26-28-30(27-11)17-5-2-12(7-23-17)15-4-3-13(6-16(15)20)29-9-14(32-19(29)31)8-24-18(22)25-10-21/h2-7,14H,8-9H2,1H3,(H3,22,24,25)/t14-/m0/s1. The normalized spacial score (nSPS) is 16.0. The predicted molar refractivity (Wildman–Crippen MR) is 110 cm³/mol. The third-order valence-electron chi connectivity index (χ3n) is 4.57. The smallest absolute Gasteiger partial charge is 0.414 e. The van der Waals surface area contributed by atoms with Crippen LogP contribution in [0.5, 0.6) is 0 Å². The van der Waals surface area contributed by atoms with E-state index in [1.54, 1.807) is 37.4 Å². The number of nitrogens with one attached hydrogen (secondary N) is 1. The fourth-order valence-corrected chi connectivity index (χ4v) is 3.08. The highest BCUT2D eigenvalue weighted by Gasteiger charge is 2.32. The number of carbonyl (C=O) groups is 1. The summed E-state index contributed by atoms with van der Waals surface area (Å²) in [5, 5.41) is 22.4. The number of nitrogens with zero attached hydrogens (tertiary/aromatic N) is 8. The molecule has 1 amide bonds. The summed E-state index contributed by atoms with van der Waals surface area (Å²) < 4.78 is 20.1. The van der Waals surface area contributed by atoms with E-state index < -0.39 is 18.0 Å². The maximum atomic E-state index is 14.9. The largest absolute Gasteiger partial charge is 0.442 e. The maximum Gasteiger partial charge on any atom is 0.414 e. The molecule has 0 unspecified atom stereocenters. The van der Waals surface area contributed by atoms with E-state index in [1.165, 1.54) is 22.0 Å². The minimum absolute atomic E-state index is 0.0709. The van der Waals surface area contributed by atoms with Crippen LogP contribution in [0.3, 0.4) is 0 Å². The van der Waals surface area contributed by atoms with E-state index in [9.17, 15) is 9.18 Å². The summed E-state index contributed by atoms with van der Waals surface area (Å²) in [7, 11) is 0. The van der Waals surface area contributed by atoms with E-state index in [0.29, 0.717) is 28.5 Å². The fourth-order valence-electron chi connectivity index (χ4n) is 3.08. The Labute approximate surface area is 181 Å². The van der Waals surface area contributed by atoms with Gasteiger partial charge >= 0.3 is 6.09 Å². The van der Waals surface area contributed by atoms with E-state index in [-0.39, 0.29) is 19.0 Å². The Morgan fingerprint density at radius 2 is 2.28 bits per heavy atom. The Kier molecular flexibility index (Phi) is 5.58. The highest BCUT2D eigenvalue weighted by atomic mass is 19.1. The molecule has 32 heavy (non-hydrogen) atoms. The summed E-state index contributed by atoms with van der Waals surface area (Å²) in [6.07, 6.45) is 1.95. The number of carbonyl (C=O) groups excluding carboxylic acids is 1. The lowest BCUT2D eigenvalue weighted by Crippen LogP contribution is -2.30.